The van der Waals surface area contributed by atoms with Crippen molar-refractivity contribution in [1.29, 1.82) is 0 Å². The van der Waals surface area contributed by atoms with Gasteiger partial charge < -0.3 is 13.9 Å². The lowest BCUT2D eigenvalue weighted by Crippen LogP contribution is -2.57. The molecule has 2 aliphatic rings. The van der Waals surface area contributed by atoms with Crippen LogP contribution in [0.1, 0.15) is 13.8 Å². The van der Waals surface area contributed by atoms with E-state index in [1.165, 1.54) is 0 Å². The van der Waals surface area contributed by atoms with Crippen LogP contribution in [0, 0.1) is 4.77 Å². The van der Waals surface area contributed by atoms with Crippen LogP contribution in [0.5, 0.6) is 0 Å². The van der Waals surface area contributed by atoms with E-state index in [-0.39, 0.29) is 12.2 Å². The Morgan fingerprint density at radius 2 is 1.59 bits per heavy atom. The van der Waals surface area contributed by atoms with E-state index in [1.807, 2.05) is 37.6 Å². The van der Waals surface area contributed by atoms with E-state index in [0.717, 1.165) is 15.8 Å². The number of aromatic nitrogens is 2. The number of morpholine rings is 1. The third-order valence-electron chi connectivity index (χ3n) is 5.76. The van der Waals surface area contributed by atoms with Gasteiger partial charge in [-0.05, 0) is 38.2 Å². The maximum Gasteiger partial charge on any atom is 0.282 e. The highest BCUT2D eigenvalue weighted by Crippen LogP contribution is 2.21. The second-order valence-corrected chi connectivity index (χ2v) is 10.3. The van der Waals surface area contributed by atoms with Gasteiger partial charge in [-0.25, -0.2) is 0 Å². The molecular formula is C19H29N5O3S2. The van der Waals surface area contributed by atoms with Crippen LogP contribution in [0.25, 0.3) is 11.0 Å². The highest BCUT2D eigenvalue weighted by molar-refractivity contribution is 7.86. The summed E-state index contributed by atoms with van der Waals surface area (Å²) in [6.45, 7) is 7.67. The van der Waals surface area contributed by atoms with Gasteiger partial charge in [0.15, 0.2) is 4.77 Å². The van der Waals surface area contributed by atoms with Crippen molar-refractivity contribution in [3.05, 3.63) is 29.0 Å². The molecule has 2 unspecified atom stereocenters. The Labute approximate surface area is 177 Å². The first-order chi connectivity index (χ1) is 13.8. The third kappa shape index (κ3) is 4.01. The van der Waals surface area contributed by atoms with Crippen molar-refractivity contribution >= 4 is 33.5 Å². The van der Waals surface area contributed by atoms with Crippen LogP contribution in [-0.2, 0) is 28.7 Å². The Kier molecular flexibility index (Phi) is 5.84. The monoisotopic (exact) mass is 439 g/mol. The number of fused-ring (bicyclic) bond motifs is 1. The molecule has 160 valence electrons. The van der Waals surface area contributed by atoms with Gasteiger partial charge in [-0.1, -0.05) is 12.1 Å². The molecule has 2 aliphatic heterocycles. The van der Waals surface area contributed by atoms with Crippen LogP contribution in [-0.4, -0.2) is 82.5 Å². The smallest absolute Gasteiger partial charge is 0.282 e. The van der Waals surface area contributed by atoms with Crippen LogP contribution in [0.3, 0.4) is 0 Å². The van der Waals surface area contributed by atoms with E-state index in [9.17, 15) is 8.42 Å². The van der Waals surface area contributed by atoms with Crippen molar-refractivity contribution in [3.63, 3.8) is 0 Å². The first-order valence-electron chi connectivity index (χ1n) is 10.0. The van der Waals surface area contributed by atoms with Crippen molar-refractivity contribution in [3.8, 4) is 0 Å². The molecule has 0 radical (unpaired) electrons. The molecule has 8 nitrogen and oxygen atoms in total. The van der Waals surface area contributed by atoms with Gasteiger partial charge in [0.05, 0.1) is 29.9 Å². The predicted octanol–water partition coefficient (Wildman–Crippen LogP) is 1.64. The summed E-state index contributed by atoms with van der Waals surface area (Å²) >= 11 is 5.63. The lowest BCUT2D eigenvalue weighted by molar-refractivity contribution is -0.0458. The lowest BCUT2D eigenvalue weighted by Gasteiger charge is -2.40. The van der Waals surface area contributed by atoms with E-state index in [0.29, 0.717) is 45.9 Å². The topological polar surface area (TPSA) is 63.0 Å². The van der Waals surface area contributed by atoms with Crippen LogP contribution in [0.15, 0.2) is 24.3 Å². The molecule has 2 atom stereocenters. The molecule has 0 spiro atoms. The number of ether oxygens (including phenoxy) is 1. The molecular weight excluding hydrogens is 410 g/mol. The highest BCUT2D eigenvalue weighted by atomic mass is 32.2. The Hall–Kier alpha value is -1.30. The summed E-state index contributed by atoms with van der Waals surface area (Å²) in [6.07, 6.45) is -0.161. The number of rotatable bonds is 4. The van der Waals surface area contributed by atoms with E-state index >= 15 is 0 Å². The fourth-order valence-corrected chi connectivity index (χ4v) is 6.29. The van der Waals surface area contributed by atoms with Gasteiger partial charge in [-0.3, -0.25) is 4.90 Å². The standard InChI is InChI=1S/C19H29N5O3S2/c1-15-12-23(13-16(2)27-15)29(25,26)22-10-8-21(9-11-22)14-24-18-7-5-4-6-17(18)20(3)19(24)28/h4-7,15-16H,8-14H2,1-3H3. The summed E-state index contributed by atoms with van der Waals surface area (Å²) < 4.78 is 39.9. The lowest BCUT2D eigenvalue weighted by atomic mass is 10.3. The third-order valence-corrected chi connectivity index (χ3v) is 8.23. The molecule has 1 aromatic heterocycles. The fraction of sp³-hybridized carbons (Fsp3) is 0.632. The number of piperazine rings is 1. The molecule has 2 fully saturated rings. The Morgan fingerprint density at radius 3 is 2.21 bits per heavy atom. The number of aryl methyl sites for hydroxylation is 1. The average Bonchev–Trinajstić information content (AvgIpc) is 2.93. The first-order valence-corrected chi connectivity index (χ1v) is 11.8. The van der Waals surface area contributed by atoms with Crippen LogP contribution >= 0.6 is 12.2 Å². The van der Waals surface area contributed by atoms with Gasteiger partial charge in [0.2, 0.25) is 0 Å². The van der Waals surface area contributed by atoms with Gasteiger partial charge in [-0.2, -0.15) is 17.0 Å². The minimum atomic E-state index is -3.46. The maximum absolute atomic E-state index is 13.1. The molecule has 0 N–H and O–H groups in total. The van der Waals surface area contributed by atoms with E-state index < -0.39 is 10.2 Å². The summed E-state index contributed by atoms with van der Waals surface area (Å²) in [4.78, 5) is 2.26. The van der Waals surface area contributed by atoms with Gasteiger partial charge in [-0.15, -0.1) is 0 Å². The second kappa shape index (κ2) is 8.09. The van der Waals surface area contributed by atoms with Gasteiger partial charge >= 0.3 is 0 Å². The van der Waals surface area contributed by atoms with Gasteiger partial charge in [0.1, 0.15) is 0 Å². The van der Waals surface area contributed by atoms with Crippen molar-refractivity contribution < 1.29 is 13.2 Å². The van der Waals surface area contributed by atoms with E-state index in [1.54, 1.807) is 8.61 Å². The molecule has 29 heavy (non-hydrogen) atoms. The zero-order valence-corrected chi connectivity index (χ0v) is 18.8. The van der Waals surface area contributed by atoms with Gasteiger partial charge in [0.25, 0.3) is 10.2 Å². The Morgan fingerprint density at radius 1 is 1.00 bits per heavy atom. The molecule has 4 rings (SSSR count). The highest BCUT2D eigenvalue weighted by Gasteiger charge is 2.36. The van der Waals surface area contributed by atoms with E-state index in [2.05, 4.69) is 21.6 Å². The second-order valence-electron chi connectivity index (χ2n) is 8.00. The zero-order chi connectivity index (χ0) is 20.8. The summed E-state index contributed by atoms with van der Waals surface area (Å²) in [5.74, 6) is 0. The number of hydrogen-bond donors (Lipinski definition) is 0. The summed E-state index contributed by atoms with van der Waals surface area (Å²) in [6, 6.07) is 8.17. The van der Waals surface area contributed by atoms with E-state index in [4.69, 9.17) is 17.0 Å². The van der Waals surface area contributed by atoms with Crippen molar-refractivity contribution in [1.82, 2.24) is 22.6 Å². The molecule has 0 amide bonds. The molecule has 0 bridgehead atoms. The minimum absolute atomic E-state index is 0.0805. The minimum Gasteiger partial charge on any atom is -0.373 e. The first kappa shape index (κ1) is 21.0. The number of para-hydroxylation sites is 2. The van der Waals surface area contributed by atoms with Crippen molar-refractivity contribution in [2.24, 2.45) is 7.05 Å². The van der Waals surface area contributed by atoms with Crippen LogP contribution in [0.2, 0.25) is 0 Å². The summed E-state index contributed by atoms with van der Waals surface area (Å²) in [7, 11) is -1.48. The molecule has 0 saturated carbocycles. The molecule has 3 heterocycles. The fourth-order valence-electron chi connectivity index (χ4n) is 4.28. The van der Waals surface area contributed by atoms with Crippen LogP contribution in [0.4, 0.5) is 0 Å². The number of hydrogen-bond acceptors (Lipinski definition) is 5. The number of nitrogens with zero attached hydrogens (tertiary/aromatic N) is 5. The summed E-state index contributed by atoms with van der Waals surface area (Å²) in [5, 5.41) is 0. The Bertz CT molecular complexity index is 1030. The number of benzene rings is 1. The summed E-state index contributed by atoms with van der Waals surface area (Å²) in [5.41, 5.74) is 2.21. The molecule has 10 heteroatoms. The quantitative estimate of drug-likeness (QED) is 0.678. The molecule has 2 saturated heterocycles. The Balaban J connectivity index is 1.44. The maximum atomic E-state index is 13.1. The SMILES string of the molecule is CC1CN(S(=O)(=O)N2CCN(Cn3c(=S)n(C)c4ccccc43)CC2)CC(C)O1. The van der Waals surface area contributed by atoms with Crippen molar-refractivity contribution in [2.45, 2.75) is 32.7 Å². The zero-order valence-electron chi connectivity index (χ0n) is 17.2. The average molecular weight is 440 g/mol. The normalized spacial score (nSPS) is 25.6. The molecule has 0 aliphatic carbocycles. The van der Waals surface area contributed by atoms with Crippen molar-refractivity contribution in [2.75, 3.05) is 39.3 Å². The predicted molar refractivity (Wildman–Crippen MR) is 115 cm³/mol. The van der Waals surface area contributed by atoms with Crippen LogP contribution < -0.4 is 0 Å². The number of imidazole rings is 1. The molecule has 1 aromatic carbocycles. The largest absolute Gasteiger partial charge is 0.373 e. The van der Waals surface area contributed by atoms with Gasteiger partial charge in [0, 0.05) is 46.3 Å². The molecule has 2 aromatic rings.